The number of hydrogen-bond acceptors (Lipinski definition) is 6. The molecule has 1 atom stereocenters. The average molecular weight is 454 g/mol. The maximum absolute atomic E-state index is 13.2. The van der Waals surface area contributed by atoms with Gasteiger partial charge < -0.3 is 24.0 Å². The van der Waals surface area contributed by atoms with Gasteiger partial charge in [0.15, 0.2) is 11.5 Å². The predicted molar refractivity (Wildman–Crippen MR) is 125 cm³/mol. The van der Waals surface area contributed by atoms with Crippen molar-refractivity contribution in [3.05, 3.63) is 48.0 Å². The molecule has 4 rings (SSSR count). The van der Waals surface area contributed by atoms with Crippen molar-refractivity contribution < 1.29 is 23.8 Å². The summed E-state index contributed by atoms with van der Waals surface area (Å²) in [5.74, 6) is 1.05. The van der Waals surface area contributed by atoms with Crippen molar-refractivity contribution in [1.29, 1.82) is 0 Å². The highest BCUT2D eigenvalue weighted by Gasteiger charge is 2.38. The standard InChI is InChI=1S/C25H31N3O5/c1-31-21-14-20(15-22(32-2)24(21)33-3)28-17-19(13-23(28)29)25(30)27-11-9-26(10-12-27)16-18-7-5-4-6-8-18/h4-8,14-15,19H,9-13,16-17H2,1-3H3. The lowest BCUT2D eigenvalue weighted by Gasteiger charge is -2.36. The predicted octanol–water partition coefficient (Wildman–Crippen LogP) is 2.41. The summed E-state index contributed by atoms with van der Waals surface area (Å²) >= 11 is 0. The van der Waals surface area contributed by atoms with E-state index in [0.717, 1.165) is 19.6 Å². The van der Waals surface area contributed by atoms with Crippen molar-refractivity contribution in [2.75, 3.05) is 59.0 Å². The molecule has 0 N–H and O–H groups in total. The van der Waals surface area contributed by atoms with Gasteiger partial charge in [-0.1, -0.05) is 30.3 Å². The molecule has 2 saturated heterocycles. The second kappa shape index (κ2) is 10.1. The van der Waals surface area contributed by atoms with E-state index < -0.39 is 0 Å². The maximum atomic E-state index is 13.2. The average Bonchev–Trinajstić information content (AvgIpc) is 3.25. The highest BCUT2D eigenvalue weighted by Crippen LogP contribution is 2.42. The monoisotopic (exact) mass is 453 g/mol. The summed E-state index contributed by atoms with van der Waals surface area (Å²) < 4.78 is 16.2. The molecule has 2 aliphatic heterocycles. The number of hydrogen-bond donors (Lipinski definition) is 0. The number of amides is 2. The van der Waals surface area contributed by atoms with E-state index in [4.69, 9.17) is 14.2 Å². The van der Waals surface area contributed by atoms with E-state index in [0.29, 0.717) is 42.6 Å². The first kappa shape index (κ1) is 22.9. The number of piperazine rings is 1. The Labute approximate surface area is 194 Å². The zero-order valence-corrected chi connectivity index (χ0v) is 19.5. The fourth-order valence-electron chi connectivity index (χ4n) is 4.57. The molecule has 2 aromatic carbocycles. The molecule has 0 aromatic heterocycles. The normalized spacial score (nSPS) is 19.0. The first-order valence-electron chi connectivity index (χ1n) is 11.2. The van der Waals surface area contributed by atoms with Crippen LogP contribution in [0, 0.1) is 5.92 Å². The van der Waals surface area contributed by atoms with Gasteiger partial charge in [-0.3, -0.25) is 14.5 Å². The number of anilines is 1. The van der Waals surface area contributed by atoms with Crippen LogP contribution >= 0.6 is 0 Å². The van der Waals surface area contributed by atoms with Gasteiger partial charge in [-0.15, -0.1) is 0 Å². The first-order chi connectivity index (χ1) is 16.0. The lowest BCUT2D eigenvalue weighted by Crippen LogP contribution is -2.50. The molecule has 8 nitrogen and oxygen atoms in total. The Morgan fingerprint density at radius 3 is 2.15 bits per heavy atom. The molecule has 33 heavy (non-hydrogen) atoms. The Balaban J connectivity index is 1.39. The maximum Gasteiger partial charge on any atom is 0.228 e. The van der Waals surface area contributed by atoms with Crippen LogP contribution in [0.2, 0.25) is 0 Å². The molecule has 1 unspecified atom stereocenters. The van der Waals surface area contributed by atoms with Crippen LogP contribution in [0.25, 0.3) is 0 Å². The van der Waals surface area contributed by atoms with Crippen LogP contribution in [0.1, 0.15) is 12.0 Å². The molecule has 0 bridgehead atoms. The van der Waals surface area contributed by atoms with Crippen molar-refractivity contribution >= 4 is 17.5 Å². The number of benzene rings is 2. The van der Waals surface area contributed by atoms with Crippen molar-refractivity contribution in [3.8, 4) is 17.2 Å². The quantitative estimate of drug-likeness (QED) is 0.641. The number of rotatable bonds is 7. The molecule has 2 amide bonds. The molecule has 2 aromatic rings. The lowest BCUT2D eigenvalue weighted by molar-refractivity contribution is -0.137. The summed E-state index contributed by atoms with van der Waals surface area (Å²) in [7, 11) is 4.61. The molecule has 8 heteroatoms. The minimum atomic E-state index is -0.350. The Morgan fingerprint density at radius 1 is 0.939 bits per heavy atom. The molecular formula is C25H31N3O5. The van der Waals surface area contributed by atoms with E-state index >= 15 is 0 Å². The molecule has 2 fully saturated rings. The summed E-state index contributed by atoms with van der Waals surface area (Å²) in [6.07, 6.45) is 0.208. The molecule has 2 aliphatic rings. The summed E-state index contributed by atoms with van der Waals surface area (Å²) in [6.45, 7) is 4.26. The Kier molecular flexibility index (Phi) is 7.03. The SMILES string of the molecule is COc1cc(N2CC(C(=O)N3CCN(Cc4ccccc4)CC3)CC2=O)cc(OC)c1OC. The van der Waals surface area contributed by atoms with Crippen LogP contribution in [0.4, 0.5) is 5.69 Å². The number of nitrogens with zero attached hydrogens (tertiary/aromatic N) is 3. The van der Waals surface area contributed by atoms with Crippen LogP contribution < -0.4 is 19.1 Å². The van der Waals surface area contributed by atoms with Gasteiger partial charge in [0, 0.05) is 57.8 Å². The zero-order chi connectivity index (χ0) is 23.4. The molecular weight excluding hydrogens is 422 g/mol. The topological polar surface area (TPSA) is 71.6 Å². The van der Waals surface area contributed by atoms with Gasteiger partial charge in [0.05, 0.1) is 32.9 Å². The second-order valence-corrected chi connectivity index (χ2v) is 8.38. The van der Waals surface area contributed by atoms with Gasteiger partial charge in [0.25, 0.3) is 0 Å². The van der Waals surface area contributed by atoms with Crippen LogP contribution in [0.5, 0.6) is 17.2 Å². The van der Waals surface area contributed by atoms with E-state index in [1.165, 1.54) is 26.9 Å². The third kappa shape index (κ3) is 4.90. The largest absolute Gasteiger partial charge is 0.493 e. The molecule has 0 radical (unpaired) electrons. The van der Waals surface area contributed by atoms with Gasteiger partial charge in [-0.25, -0.2) is 0 Å². The van der Waals surface area contributed by atoms with Gasteiger partial charge in [-0.2, -0.15) is 0 Å². The second-order valence-electron chi connectivity index (χ2n) is 8.38. The number of carbonyl (C=O) groups is 2. The van der Waals surface area contributed by atoms with Gasteiger partial charge in [0.2, 0.25) is 17.6 Å². The third-order valence-electron chi connectivity index (χ3n) is 6.37. The summed E-state index contributed by atoms with van der Waals surface area (Å²) in [4.78, 5) is 31.9. The summed E-state index contributed by atoms with van der Waals surface area (Å²) in [6, 6.07) is 13.9. The van der Waals surface area contributed by atoms with Crippen LogP contribution in [-0.2, 0) is 16.1 Å². The van der Waals surface area contributed by atoms with Crippen LogP contribution in [0.3, 0.4) is 0 Å². The highest BCUT2D eigenvalue weighted by atomic mass is 16.5. The minimum Gasteiger partial charge on any atom is -0.493 e. The zero-order valence-electron chi connectivity index (χ0n) is 19.5. The van der Waals surface area contributed by atoms with Crippen molar-refractivity contribution in [2.24, 2.45) is 5.92 Å². The van der Waals surface area contributed by atoms with Gasteiger partial charge >= 0.3 is 0 Å². The highest BCUT2D eigenvalue weighted by molar-refractivity contribution is 6.00. The van der Waals surface area contributed by atoms with Crippen molar-refractivity contribution in [1.82, 2.24) is 9.80 Å². The van der Waals surface area contributed by atoms with Gasteiger partial charge in [0.1, 0.15) is 0 Å². The number of ether oxygens (including phenoxy) is 3. The van der Waals surface area contributed by atoms with Crippen LogP contribution in [0.15, 0.2) is 42.5 Å². The molecule has 0 spiro atoms. The van der Waals surface area contributed by atoms with Crippen LogP contribution in [-0.4, -0.2) is 75.7 Å². The fourth-order valence-corrected chi connectivity index (χ4v) is 4.57. The van der Waals surface area contributed by atoms with E-state index in [2.05, 4.69) is 17.0 Å². The van der Waals surface area contributed by atoms with Crippen molar-refractivity contribution in [3.63, 3.8) is 0 Å². The Bertz CT molecular complexity index is 964. The van der Waals surface area contributed by atoms with E-state index in [9.17, 15) is 9.59 Å². The van der Waals surface area contributed by atoms with E-state index in [-0.39, 0.29) is 24.2 Å². The fraction of sp³-hybridized carbons (Fsp3) is 0.440. The van der Waals surface area contributed by atoms with E-state index in [1.807, 2.05) is 23.1 Å². The molecule has 2 heterocycles. The minimum absolute atomic E-state index is 0.0534. The number of carbonyl (C=O) groups excluding carboxylic acids is 2. The molecule has 176 valence electrons. The molecule has 0 saturated carbocycles. The Morgan fingerprint density at radius 2 is 1.58 bits per heavy atom. The third-order valence-corrected chi connectivity index (χ3v) is 6.37. The number of methoxy groups -OCH3 is 3. The smallest absolute Gasteiger partial charge is 0.228 e. The summed E-state index contributed by atoms with van der Waals surface area (Å²) in [5.41, 5.74) is 1.91. The summed E-state index contributed by atoms with van der Waals surface area (Å²) in [5, 5.41) is 0. The Hall–Kier alpha value is -3.26. The van der Waals surface area contributed by atoms with E-state index in [1.54, 1.807) is 17.0 Å². The van der Waals surface area contributed by atoms with Crippen molar-refractivity contribution in [2.45, 2.75) is 13.0 Å². The lowest BCUT2D eigenvalue weighted by atomic mass is 10.1. The van der Waals surface area contributed by atoms with Gasteiger partial charge in [-0.05, 0) is 5.56 Å². The molecule has 0 aliphatic carbocycles. The first-order valence-corrected chi connectivity index (χ1v) is 11.2.